The van der Waals surface area contributed by atoms with E-state index in [9.17, 15) is 0 Å². The van der Waals surface area contributed by atoms with E-state index in [4.69, 9.17) is 30.4 Å². The molecule has 0 atom stereocenters. The van der Waals surface area contributed by atoms with Crippen molar-refractivity contribution in [3.8, 4) is 0 Å². The molecule has 1 heterocycles. The quantitative estimate of drug-likeness (QED) is 0.184. The van der Waals surface area contributed by atoms with Crippen LogP contribution in [0.2, 0.25) is 0 Å². The molecule has 0 bridgehead atoms. The number of fused-ring (bicyclic) bond motifs is 3. The van der Waals surface area contributed by atoms with Gasteiger partial charge in [-0.15, -0.1) is 22.7 Å². The first kappa shape index (κ1) is 24.2. The largest absolute Gasteiger partial charge is 0.234 e. The Kier molecular flexibility index (Phi) is 7.93. The number of nitrogens with zero attached hydrogens (tertiary/aromatic N) is 2. The van der Waals surface area contributed by atoms with Crippen molar-refractivity contribution in [2.45, 2.75) is 0 Å². The predicted octanol–water partition coefficient (Wildman–Crippen LogP) is 9.11. The maximum Gasteiger partial charge on any atom is 0.153 e. The number of halogens is 2. The van der Waals surface area contributed by atoms with Gasteiger partial charge in [-0.1, -0.05) is 84.9 Å². The first-order chi connectivity index (χ1) is 17.3. The zero-order valence-corrected chi connectivity index (χ0v) is 22.3. The Bertz CT molecular complexity index is 1640. The average molecular weight is 576 g/mol. The van der Waals surface area contributed by atoms with E-state index in [1.165, 1.54) is 20.2 Å². The molecule has 0 saturated heterocycles. The van der Waals surface area contributed by atoms with Gasteiger partial charge in [-0.25, -0.2) is 9.98 Å². The third kappa shape index (κ3) is 5.50. The van der Waals surface area contributed by atoms with Crippen LogP contribution >= 0.6 is 43.1 Å². The van der Waals surface area contributed by atoms with Gasteiger partial charge in [0.2, 0.25) is 0 Å². The molecular weight excluding hydrogens is 558 g/mol. The zero-order chi connectivity index (χ0) is 24.0. The van der Waals surface area contributed by atoms with E-state index in [1.807, 2.05) is 0 Å². The van der Waals surface area contributed by atoms with Crippen LogP contribution in [0.1, 0.15) is 0 Å². The average Bonchev–Trinajstić information content (AvgIpc) is 2.90. The number of hydrogen-bond acceptors (Lipinski definition) is 4. The van der Waals surface area contributed by atoms with E-state index in [0.29, 0.717) is 12.7 Å². The third-order valence-electron chi connectivity index (χ3n) is 5.42. The smallest absolute Gasteiger partial charge is 0.153 e. The van der Waals surface area contributed by atoms with Crippen molar-refractivity contribution in [2.75, 3.05) is 0 Å². The van der Waals surface area contributed by atoms with Gasteiger partial charge in [0.15, 0.2) is 9.34 Å². The molecule has 1 aromatic heterocycles. The fraction of sp³-hybridized carbons (Fsp3) is 0. The fourth-order valence-corrected chi connectivity index (χ4v) is 5.99. The molecule has 0 unspecified atom stereocenters. The second-order valence-corrected chi connectivity index (χ2v) is 11.2. The maximum atomic E-state index is 5.13. The van der Waals surface area contributed by atoms with Crippen molar-refractivity contribution in [2.24, 2.45) is 9.98 Å². The van der Waals surface area contributed by atoms with Gasteiger partial charge in [0.1, 0.15) is 0 Å². The number of benzene rings is 5. The summed E-state index contributed by atoms with van der Waals surface area (Å²) in [6, 6.07) is 37.8. The van der Waals surface area contributed by atoms with Crippen molar-refractivity contribution in [3.05, 3.63) is 119 Å². The summed E-state index contributed by atoms with van der Waals surface area (Å²) in [6.07, 6.45) is 0. The molecule has 0 saturated carbocycles. The molecule has 0 aliphatic rings. The summed E-state index contributed by atoms with van der Waals surface area (Å²) >= 11 is 3.95. The molecule has 0 aliphatic heterocycles. The van der Waals surface area contributed by atoms with Crippen LogP contribution in [0, 0.1) is 0 Å². The normalized spacial score (nSPS) is 12.3. The first-order valence-electron chi connectivity index (χ1n) is 10.7. The summed E-state index contributed by atoms with van der Waals surface area (Å²) in [5.74, 6) is 0. The summed E-state index contributed by atoms with van der Waals surface area (Å²) in [5.41, 5.74) is 1.94. The minimum Gasteiger partial charge on any atom is -0.234 e. The summed E-state index contributed by atoms with van der Waals surface area (Å²) in [7, 11) is 9.40. The molecule has 0 fully saturated rings. The zero-order valence-electron chi connectivity index (χ0n) is 18.2. The van der Waals surface area contributed by atoms with Crippen LogP contribution in [0.15, 0.2) is 119 Å². The molecule has 176 valence electrons. The fourth-order valence-electron chi connectivity index (χ4n) is 3.89. The molecule has 0 radical (unpaired) electrons. The Morgan fingerprint density at radius 1 is 0.486 bits per heavy atom. The Labute approximate surface area is 225 Å². The molecule has 5 aromatic carbocycles. The third-order valence-corrected chi connectivity index (χ3v) is 7.79. The topological polar surface area (TPSA) is 24.7 Å². The van der Waals surface area contributed by atoms with E-state index in [0.717, 1.165) is 31.5 Å². The summed E-state index contributed by atoms with van der Waals surface area (Å²) in [6.45, 7) is 0. The molecule has 0 spiro atoms. The molecule has 0 N–H and O–H groups in total. The van der Waals surface area contributed by atoms with E-state index in [-0.39, 0.29) is 0 Å². The van der Waals surface area contributed by atoms with Crippen LogP contribution in [-0.4, -0.2) is 0 Å². The molecule has 0 aliphatic carbocycles. The van der Waals surface area contributed by atoms with Crippen LogP contribution < -0.4 is 9.34 Å². The molecular formula is C28H18Cl2N2NiS2. The maximum absolute atomic E-state index is 5.13. The Balaban J connectivity index is 0.000000806. The monoisotopic (exact) mass is 574 g/mol. The molecule has 6 aromatic rings. The van der Waals surface area contributed by atoms with Crippen molar-refractivity contribution in [1.82, 2.24) is 0 Å². The van der Waals surface area contributed by atoms with E-state index in [2.05, 4.69) is 109 Å². The Morgan fingerprint density at radius 2 is 0.857 bits per heavy atom. The van der Waals surface area contributed by atoms with Gasteiger partial charge in [0.05, 0.1) is 11.4 Å². The van der Waals surface area contributed by atoms with Gasteiger partial charge in [-0.05, 0) is 35.0 Å². The van der Waals surface area contributed by atoms with Crippen molar-refractivity contribution >= 4 is 85.4 Å². The minimum atomic E-state index is 0.569. The summed E-state index contributed by atoms with van der Waals surface area (Å²) in [5, 5.41) is 4.68. The van der Waals surface area contributed by atoms with Crippen molar-refractivity contribution in [1.29, 1.82) is 0 Å². The van der Waals surface area contributed by atoms with Gasteiger partial charge in [-0.3, -0.25) is 0 Å². The van der Waals surface area contributed by atoms with E-state index >= 15 is 0 Å². The molecule has 35 heavy (non-hydrogen) atoms. The molecule has 0 amide bonds. The first-order valence-corrected chi connectivity index (χ1v) is 15.0. The number of rotatable bonds is 2. The van der Waals surface area contributed by atoms with Crippen LogP contribution in [0.5, 0.6) is 0 Å². The Morgan fingerprint density at radius 3 is 1.31 bits per heavy atom. The Hall–Kier alpha value is -2.53. The van der Waals surface area contributed by atoms with Gasteiger partial charge < -0.3 is 0 Å². The molecule has 6 rings (SSSR count). The van der Waals surface area contributed by atoms with Crippen LogP contribution in [-0.2, 0) is 12.7 Å². The van der Waals surface area contributed by atoms with Gasteiger partial charge >= 0.3 is 33.0 Å². The second kappa shape index (κ2) is 11.5. The van der Waals surface area contributed by atoms with Crippen molar-refractivity contribution in [3.63, 3.8) is 0 Å². The van der Waals surface area contributed by atoms with Crippen LogP contribution in [0.25, 0.3) is 30.9 Å². The summed E-state index contributed by atoms with van der Waals surface area (Å²) in [4.78, 5) is 10.3. The van der Waals surface area contributed by atoms with E-state index in [1.54, 1.807) is 22.7 Å². The molecule has 2 nitrogen and oxygen atoms in total. The van der Waals surface area contributed by atoms with E-state index < -0.39 is 0 Å². The van der Waals surface area contributed by atoms with Gasteiger partial charge in [0, 0.05) is 20.2 Å². The SMILES string of the molecule is [Cl][Ni][Cl].c1ccc2c(N=c3sc4ccccc4sc3=Nc3cccc4ccccc34)cccc2c1. The minimum absolute atomic E-state index is 0.569. The van der Waals surface area contributed by atoms with Gasteiger partial charge in [0.25, 0.3) is 0 Å². The van der Waals surface area contributed by atoms with Gasteiger partial charge in [-0.2, -0.15) is 0 Å². The predicted molar refractivity (Wildman–Crippen MR) is 150 cm³/mol. The molecule has 7 heteroatoms. The standard InChI is InChI=1S/C28H18N2S2.2ClH.Ni/c1-3-13-21-19(9-1)11-7-15-23(21)29-27-28(32-26-18-6-5-17-25(26)31-27)30-24-16-8-12-20-10-2-4-14-22(20)24;;;/h1-18H;2*1H;/q;;;+2/p-2. The number of hydrogen-bond donors (Lipinski definition) is 0. The summed E-state index contributed by atoms with van der Waals surface area (Å²) < 4.78 is 4.29. The van der Waals surface area contributed by atoms with Crippen LogP contribution in [0.4, 0.5) is 11.4 Å². The van der Waals surface area contributed by atoms with Crippen LogP contribution in [0.3, 0.4) is 0 Å². The second-order valence-electron chi connectivity index (χ2n) is 7.53. The van der Waals surface area contributed by atoms with Crippen molar-refractivity contribution < 1.29 is 12.7 Å².